The van der Waals surface area contributed by atoms with Gasteiger partial charge < -0.3 is 0 Å². The maximum Gasteiger partial charge on any atom is 0.460 e. The molecule has 3 rings (SSSR count). The number of hydrogen-bond donors (Lipinski definition) is 1. The second-order valence-electron chi connectivity index (χ2n) is 11.6. The normalized spacial score (nSPS) is 13.5. The summed E-state index contributed by atoms with van der Waals surface area (Å²) >= 11 is 6.02. The van der Waals surface area contributed by atoms with Crippen LogP contribution >= 0.6 is 11.6 Å². The average Bonchev–Trinajstić information content (AvgIpc) is 3.04. The van der Waals surface area contributed by atoms with E-state index in [1.165, 1.54) is 6.07 Å². The number of carbonyl (C=O) groups excluding carboxylic acids is 4. The van der Waals surface area contributed by atoms with Gasteiger partial charge in [-0.05, 0) is 41.2 Å². The molecule has 0 heterocycles. The second kappa shape index (κ2) is 15.2. The Morgan fingerprint density at radius 3 is 1.22 bits per heavy atom. The molecule has 0 saturated heterocycles. The van der Waals surface area contributed by atoms with E-state index in [4.69, 9.17) is 11.6 Å². The predicted octanol–water partition coefficient (Wildman–Crippen LogP) is 8.72. The molecule has 3 aromatic carbocycles. The maximum absolute atomic E-state index is 13.7. The number of ketones is 4. The Bertz CT molecular complexity index is 2090. The smallest absolute Gasteiger partial charge is 0.294 e. The van der Waals surface area contributed by atoms with Crippen LogP contribution in [-0.2, 0) is 32.5 Å². The number of benzene rings is 3. The fraction of sp³-hybridized carbons (Fsp3) is 0.312. The van der Waals surface area contributed by atoms with Crippen LogP contribution in [0.15, 0.2) is 65.6 Å². The molecule has 0 aliphatic carbocycles. The molecular weight excluding hydrogens is 830 g/mol. The Balaban J connectivity index is 1.87. The number of hydrogen-bond acceptors (Lipinski definition) is 6. The van der Waals surface area contributed by atoms with E-state index >= 15 is 0 Å². The minimum absolute atomic E-state index is 0.0545. The molecule has 0 radical (unpaired) electrons. The van der Waals surface area contributed by atoms with E-state index in [-0.39, 0.29) is 28.7 Å². The van der Waals surface area contributed by atoms with Gasteiger partial charge >= 0.3 is 36.0 Å². The van der Waals surface area contributed by atoms with E-state index in [2.05, 4.69) is 0 Å². The van der Waals surface area contributed by atoms with Gasteiger partial charge in [0, 0.05) is 11.1 Å². The zero-order valence-corrected chi connectivity index (χ0v) is 28.1. The Kier molecular flexibility index (Phi) is 12.5. The van der Waals surface area contributed by atoms with Crippen LogP contribution in [0.5, 0.6) is 0 Å². The highest BCUT2D eigenvalue weighted by molar-refractivity contribution is 7.86. The summed E-state index contributed by atoms with van der Waals surface area (Å²) in [6.45, 7) is 0. The lowest BCUT2D eigenvalue weighted by molar-refractivity contribution is -0.343. The fourth-order valence-corrected chi connectivity index (χ4v) is 6.04. The summed E-state index contributed by atoms with van der Waals surface area (Å²) in [5.41, 5.74) is -1.18. The van der Waals surface area contributed by atoms with Crippen LogP contribution in [0.4, 0.5) is 61.5 Å². The average molecular weight is 849 g/mol. The lowest BCUT2D eigenvalue weighted by Crippen LogP contribution is -2.56. The van der Waals surface area contributed by atoms with Crippen LogP contribution in [0.25, 0.3) is 0 Å². The van der Waals surface area contributed by atoms with Gasteiger partial charge in [-0.15, -0.1) is 0 Å². The van der Waals surface area contributed by atoms with E-state index < -0.39 is 110 Å². The number of carbonyl (C=O) groups is 4. The highest BCUT2D eigenvalue weighted by Gasteiger charge is 2.76. The molecule has 0 atom stereocenters. The Morgan fingerprint density at radius 2 is 0.891 bits per heavy atom. The highest BCUT2D eigenvalue weighted by Crippen LogP contribution is 2.48. The quantitative estimate of drug-likeness (QED) is 0.0703. The van der Waals surface area contributed by atoms with Crippen molar-refractivity contribution in [3.8, 4) is 0 Å². The molecule has 300 valence electrons. The second-order valence-corrected chi connectivity index (χ2v) is 13.3. The van der Waals surface area contributed by atoms with Crippen molar-refractivity contribution in [3.63, 3.8) is 0 Å². The molecule has 0 amide bonds. The lowest BCUT2D eigenvalue weighted by Gasteiger charge is -2.26. The molecule has 23 heteroatoms. The van der Waals surface area contributed by atoms with Gasteiger partial charge in [0.2, 0.25) is 11.6 Å². The first-order valence-electron chi connectivity index (χ1n) is 14.5. The molecule has 0 spiro atoms. The Morgan fingerprint density at radius 1 is 0.545 bits per heavy atom. The zero-order valence-electron chi connectivity index (χ0n) is 26.6. The Hall–Kier alpha value is -4.44. The van der Waals surface area contributed by atoms with Gasteiger partial charge in [0.15, 0.2) is 11.6 Å². The summed E-state index contributed by atoms with van der Waals surface area (Å²) in [6.07, 6.45) is -18.6. The third kappa shape index (κ3) is 9.17. The number of halogens is 15. The molecule has 3 aromatic rings. The van der Waals surface area contributed by atoms with Crippen LogP contribution in [0.3, 0.4) is 0 Å². The van der Waals surface area contributed by atoms with E-state index in [0.717, 1.165) is 54.6 Å². The molecule has 0 fully saturated rings. The minimum atomic E-state index is -6.83. The molecular formula is C32H19ClF14O7S. The SMILES string of the molecule is O=C(CC(=O)C(F)(F)C(F)(F)C(F)(F)F)c1ccc(Cc2ccc(Cl)c(S(=O)(=O)O)c2Cc2ccc(C(=O)CC(=O)C(F)(F)C(F)(F)C(F)(F)F)cc2)cc1. The fourth-order valence-electron chi connectivity index (χ4n) is 4.74. The van der Waals surface area contributed by atoms with Crippen molar-refractivity contribution in [1.29, 1.82) is 0 Å². The van der Waals surface area contributed by atoms with Crippen molar-refractivity contribution in [2.24, 2.45) is 0 Å². The molecule has 55 heavy (non-hydrogen) atoms. The molecule has 0 saturated carbocycles. The standard InChI is InChI=1S/C32H19ClF14O7S/c33-21-10-9-19(11-15-1-5-17(6-2-15)22(48)13-24(50)27(34,35)29(38,39)31(42,43)44)20(26(21)55(52,53)54)12-16-3-7-18(8-4-16)23(49)14-25(51)28(36,37)30(40,41)32(45,46)47/h1-10H,11-14H2,(H,52,53,54). The molecule has 0 unspecified atom stereocenters. The van der Waals surface area contributed by atoms with Gasteiger partial charge in [-0.2, -0.15) is 69.9 Å². The topological polar surface area (TPSA) is 123 Å². The summed E-state index contributed by atoms with van der Waals surface area (Å²) < 4.78 is 216. The van der Waals surface area contributed by atoms with E-state index in [9.17, 15) is 93.6 Å². The highest BCUT2D eigenvalue weighted by atomic mass is 35.5. The van der Waals surface area contributed by atoms with E-state index in [1.807, 2.05) is 0 Å². The number of Topliss-reactive ketones (excluding diaryl/α,β-unsaturated/α-hetero) is 4. The molecule has 0 aromatic heterocycles. The third-order valence-corrected chi connectivity index (χ3v) is 9.15. The maximum atomic E-state index is 13.7. The van der Waals surface area contributed by atoms with Crippen molar-refractivity contribution in [3.05, 3.63) is 99.1 Å². The van der Waals surface area contributed by atoms with Crippen molar-refractivity contribution in [1.82, 2.24) is 0 Å². The van der Waals surface area contributed by atoms with Crippen molar-refractivity contribution in [2.75, 3.05) is 0 Å². The first kappa shape index (κ1) is 45.0. The summed E-state index contributed by atoms with van der Waals surface area (Å²) in [7, 11) is -5.13. The molecule has 0 bridgehead atoms. The first-order valence-corrected chi connectivity index (χ1v) is 16.3. The predicted molar refractivity (Wildman–Crippen MR) is 160 cm³/mol. The molecule has 0 aliphatic heterocycles. The van der Waals surface area contributed by atoms with Crippen LogP contribution in [-0.4, -0.2) is 72.1 Å². The van der Waals surface area contributed by atoms with Gasteiger partial charge in [0.1, 0.15) is 4.90 Å². The summed E-state index contributed by atoms with van der Waals surface area (Å²) in [5, 5.41) is -0.526. The van der Waals surface area contributed by atoms with Crippen LogP contribution in [0.2, 0.25) is 5.02 Å². The first-order chi connectivity index (χ1) is 24.8. The van der Waals surface area contributed by atoms with Gasteiger partial charge in [-0.1, -0.05) is 66.2 Å². The molecule has 1 N–H and O–H groups in total. The third-order valence-electron chi connectivity index (χ3n) is 7.74. The van der Waals surface area contributed by atoms with Crippen LogP contribution in [0.1, 0.15) is 55.8 Å². The number of alkyl halides is 14. The summed E-state index contributed by atoms with van der Waals surface area (Å²) in [4.78, 5) is 47.0. The minimum Gasteiger partial charge on any atom is -0.294 e. The van der Waals surface area contributed by atoms with E-state index in [1.54, 1.807) is 0 Å². The lowest BCUT2D eigenvalue weighted by atomic mass is 9.93. The van der Waals surface area contributed by atoms with Gasteiger partial charge in [-0.25, -0.2) is 0 Å². The summed E-state index contributed by atoms with van der Waals surface area (Å²) in [6, 6.07) is 9.86. The van der Waals surface area contributed by atoms with Crippen molar-refractivity contribution in [2.45, 2.75) is 66.6 Å². The largest absolute Gasteiger partial charge is 0.460 e. The number of rotatable bonds is 15. The van der Waals surface area contributed by atoms with Crippen LogP contribution in [0, 0.1) is 0 Å². The molecule has 0 aliphatic rings. The van der Waals surface area contributed by atoms with Crippen molar-refractivity contribution < 1.29 is 93.6 Å². The van der Waals surface area contributed by atoms with Crippen LogP contribution < -0.4 is 0 Å². The monoisotopic (exact) mass is 848 g/mol. The van der Waals surface area contributed by atoms with Gasteiger partial charge in [0.05, 0.1) is 17.9 Å². The van der Waals surface area contributed by atoms with E-state index in [0.29, 0.717) is 0 Å². The molecule has 7 nitrogen and oxygen atoms in total. The Labute approximate surface area is 304 Å². The van der Waals surface area contributed by atoms with Crippen molar-refractivity contribution >= 4 is 44.9 Å². The zero-order chi connectivity index (χ0) is 42.3. The van der Waals surface area contributed by atoms with Gasteiger partial charge in [-0.3, -0.25) is 23.7 Å². The summed E-state index contributed by atoms with van der Waals surface area (Å²) in [5.74, 6) is -35.4. The van der Waals surface area contributed by atoms with Gasteiger partial charge in [0.25, 0.3) is 10.1 Å².